The maximum absolute atomic E-state index is 11.1. The van der Waals surface area contributed by atoms with Crippen molar-refractivity contribution in [2.75, 3.05) is 5.32 Å². The molecule has 0 aliphatic heterocycles. The Morgan fingerprint density at radius 3 is 2.58 bits per heavy atom. The second-order valence-electron chi connectivity index (χ2n) is 8.38. The number of ether oxygens (including phenoxy) is 1. The molecule has 2 N–H and O–H groups in total. The van der Waals surface area contributed by atoms with Gasteiger partial charge in [0.25, 0.3) is 0 Å². The van der Waals surface area contributed by atoms with Gasteiger partial charge in [0.1, 0.15) is 11.5 Å². The third-order valence-electron chi connectivity index (χ3n) is 5.02. The number of rotatable bonds is 5. The van der Waals surface area contributed by atoms with E-state index in [4.69, 9.17) is 14.8 Å². The van der Waals surface area contributed by atoms with Crippen molar-refractivity contribution in [2.45, 2.75) is 26.2 Å². The Kier molecular flexibility index (Phi) is 5.10. The third-order valence-corrected chi connectivity index (χ3v) is 5.02. The van der Waals surface area contributed by atoms with Crippen LogP contribution in [-0.4, -0.2) is 25.6 Å². The Balaban J connectivity index is 1.61. The molecule has 0 atom stereocenters. The van der Waals surface area contributed by atoms with E-state index in [1.807, 2.05) is 41.9 Å². The molecule has 2 aromatic heterocycles. The molecular weight excluding hydrogens is 392 g/mol. The Bertz CT molecular complexity index is 1270. The number of fused-ring (bicyclic) bond motifs is 1. The minimum atomic E-state index is -1.10. The van der Waals surface area contributed by atoms with Crippen LogP contribution in [0.2, 0.25) is 0 Å². The summed E-state index contributed by atoms with van der Waals surface area (Å²) in [4.78, 5) is 19.6. The van der Waals surface area contributed by atoms with Gasteiger partial charge >= 0.3 is 5.97 Å². The summed E-state index contributed by atoms with van der Waals surface area (Å²) in [5.74, 6) is 0.585. The molecule has 0 unspecified atom stereocenters. The number of hydrogen-bond donors (Lipinski definition) is 2. The van der Waals surface area contributed by atoms with Crippen LogP contribution in [0.5, 0.6) is 11.5 Å². The summed E-state index contributed by atoms with van der Waals surface area (Å²) in [6.07, 6.45) is 1.41. The number of carboxylic acid groups (broad SMARTS) is 1. The van der Waals surface area contributed by atoms with Gasteiger partial charge in [-0.05, 0) is 41.3 Å². The molecular formula is C24H24N4O3. The van der Waals surface area contributed by atoms with Gasteiger partial charge in [0.2, 0.25) is 5.95 Å². The van der Waals surface area contributed by atoms with Crippen LogP contribution in [0.3, 0.4) is 0 Å². The fourth-order valence-corrected chi connectivity index (χ4v) is 3.28. The minimum absolute atomic E-state index is 0.0593. The number of hydrogen-bond acceptors (Lipinski definition) is 5. The third kappa shape index (κ3) is 4.35. The first-order chi connectivity index (χ1) is 14.7. The largest absolute Gasteiger partial charge is 0.477 e. The molecule has 0 aliphatic carbocycles. The molecule has 158 valence electrons. The highest BCUT2D eigenvalue weighted by molar-refractivity contribution is 5.85. The number of nitrogens with zero attached hydrogens (tertiary/aromatic N) is 3. The van der Waals surface area contributed by atoms with Gasteiger partial charge in [0, 0.05) is 31.1 Å². The highest BCUT2D eigenvalue weighted by Crippen LogP contribution is 2.29. The van der Waals surface area contributed by atoms with E-state index in [1.165, 1.54) is 17.8 Å². The highest BCUT2D eigenvalue weighted by Gasteiger charge is 2.15. The number of carboxylic acids is 1. The number of aryl methyl sites for hydroxylation is 1. The number of anilines is 2. The standard InChI is InChI=1S/C24H24N4O3/c1-24(2,3)15-6-5-7-16(12-15)26-23-27-19-13-17(8-9-21(19)28(23)4)31-18-10-11-25-20(14-18)22(29)30/h5-14H,1-4H3,(H,26,27)(H,29,30). The average Bonchev–Trinajstić information content (AvgIpc) is 3.02. The fourth-order valence-electron chi connectivity index (χ4n) is 3.28. The number of aromatic nitrogens is 3. The summed E-state index contributed by atoms with van der Waals surface area (Å²) in [7, 11) is 1.95. The average molecular weight is 416 g/mol. The van der Waals surface area contributed by atoms with Crippen LogP contribution < -0.4 is 10.1 Å². The first kappa shape index (κ1) is 20.4. The predicted molar refractivity (Wildman–Crippen MR) is 120 cm³/mol. The molecule has 31 heavy (non-hydrogen) atoms. The van der Waals surface area contributed by atoms with Gasteiger partial charge in [-0.25, -0.2) is 14.8 Å². The summed E-state index contributed by atoms with van der Waals surface area (Å²) in [6, 6.07) is 16.9. The summed E-state index contributed by atoms with van der Waals surface area (Å²) >= 11 is 0. The first-order valence-electron chi connectivity index (χ1n) is 9.92. The van der Waals surface area contributed by atoms with E-state index in [0.717, 1.165) is 22.7 Å². The van der Waals surface area contributed by atoms with Crippen LogP contribution in [0, 0.1) is 0 Å². The topological polar surface area (TPSA) is 89.3 Å². The van der Waals surface area contributed by atoms with Gasteiger partial charge in [-0.1, -0.05) is 32.9 Å². The van der Waals surface area contributed by atoms with Gasteiger partial charge in [0.15, 0.2) is 5.69 Å². The molecule has 0 spiro atoms. The summed E-state index contributed by atoms with van der Waals surface area (Å²) in [5, 5.41) is 12.5. The summed E-state index contributed by atoms with van der Waals surface area (Å²) in [5.41, 5.74) is 3.92. The molecule has 0 radical (unpaired) electrons. The van der Waals surface area contributed by atoms with Gasteiger partial charge in [0.05, 0.1) is 11.0 Å². The summed E-state index contributed by atoms with van der Waals surface area (Å²) in [6.45, 7) is 6.56. The Hall–Kier alpha value is -3.87. The Labute approximate surface area is 180 Å². The lowest BCUT2D eigenvalue weighted by atomic mass is 9.87. The van der Waals surface area contributed by atoms with Crippen molar-refractivity contribution in [3.05, 3.63) is 72.1 Å². The zero-order chi connectivity index (χ0) is 22.2. The van der Waals surface area contributed by atoms with Gasteiger partial charge in [-0.2, -0.15) is 0 Å². The lowest BCUT2D eigenvalue weighted by molar-refractivity contribution is 0.0690. The van der Waals surface area contributed by atoms with Crippen LogP contribution >= 0.6 is 0 Å². The smallest absolute Gasteiger partial charge is 0.354 e. The van der Waals surface area contributed by atoms with Gasteiger partial charge in [-0.15, -0.1) is 0 Å². The molecule has 0 saturated heterocycles. The Morgan fingerprint density at radius 1 is 1.06 bits per heavy atom. The molecule has 0 saturated carbocycles. The predicted octanol–water partition coefficient (Wildman–Crippen LogP) is 5.50. The van der Waals surface area contributed by atoms with Crippen molar-refractivity contribution in [3.8, 4) is 11.5 Å². The van der Waals surface area contributed by atoms with Crippen molar-refractivity contribution < 1.29 is 14.6 Å². The molecule has 7 nitrogen and oxygen atoms in total. The zero-order valence-electron chi connectivity index (χ0n) is 17.9. The first-order valence-corrected chi connectivity index (χ1v) is 9.92. The van der Waals surface area contributed by atoms with Crippen LogP contribution in [-0.2, 0) is 12.5 Å². The maximum Gasteiger partial charge on any atom is 0.354 e. The summed E-state index contributed by atoms with van der Waals surface area (Å²) < 4.78 is 7.81. The SMILES string of the molecule is Cn1c(Nc2cccc(C(C)(C)C)c2)nc2cc(Oc3ccnc(C(=O)O)c3)ccc21. The molecule has 4 rings (SSSR count). The second kappa shape index (κ2) is 7.75. The quantitative estimate of drug-likeness (QED) is 0.446. The minimum Gasteiger partial charge on any atom is -0.477 e. The van der Waals surface area contributed by atoms with Gasteiger partial charge in [-0.3, -0.25) is 0 Å². The normalized spacial score (nSPS) is 11.5. The van der Waals surface area contributed by atoms with E-state index in [0.29, 0.717) is 11.5 Å². The van der Waals surface area contributed by atoms with E-state index in [1.54, 1.807) is 6.07 Å². The van der Waals surface area contributed by atoms with Crippen molar-refractivity contribution in [3.63, 3.8) is 0 Å². The van der Waals surface area contributed by atoms with Crippen molar-refractivity contribution in [1.82, 2.24) is 14.5 Å². The monoisotopic (exact) mass is 416 g/mol. The van der Waals surface area contributed by atoms with Crippen molar-refractivity contribution >= 4 is 28.6 Å². The number of pyridine rings is 1. The number of aromatic carboxylic acids is 1. The molecule has 7 heteroatoms. The van der Waals surface area contributed by atoms with Crippen LogP contribution in [0.25, 0.3) is 11.0 Å². The van der Waals surface area contributed by atoms with E-state index in [2.05, 4.69) is 43.2 Å². The van der Waals surface area contributed by atoms with E-state index >= 15 is 0 Å². The van der Waals surface area contributed by atoms with Crippen molar-refractivity contribution in [2.24, 2.45) is 7.05 Å². The van der Waals surface area contributed by atoms with E-state index in [-0.39, 0.29) is 11.1 Å². The van der Waals surface area contributed by atoms with Crippen LogP contribution in [0.1, 0.15) is 36.8 Å². The number of benzene rings is 2. The van der Waals surface area contributed by atoms with Crippen LogP contribution in [0.15, 0.2) is 60.8 Å². The number of carbonyl (C=O) groups is 1. The molecule has 2 aromatic carbocycles. The van der Waals surface area contributed by atoms with Crippen molar-refractivity contribution in [1.29, 1.82) is 0 Å². The van der Waals surface area contributed by atoms with E-state index < -0.39 is 5.97 Å². The molecule has 0 aliphatic rings. The number of imidazole rings is 1. The molecule has 0 fully saturated rings. The zero-order valence-corrected chi connectivity index (χ0v) is 17.9. The Morgan fingerprint density at radius 2 is 1.84 bits per heavy atom. The molecule has 0 amide bonds. The highest BCUT2D eigenvalue weighted by atomic mass is 16.5. The second-order valence-corrected chi connectivity index (χ2v) is 8.38. The van der Waals surface area contributed by atoms with E-state index in [9.17, 15) is 4.79 Å². The molecule has 0 bridgehead atoms. The van der Waals surface area contributed by atoms with Gasteiger partial charge < -0.3 is 19.7 Å². The lowest BCUT2D eigenvalue weighted by Gasteiger charge is -2.20. The van der Waals surface area contributed by atoms with Crippen LogP contribution in [0.4, 0.5) is 11.6 Å². The maximum atomic E-state index is 11.1. The fraction of sp³-hybridized carbons (Fsp3) is 0.208. The molecule has 4 aromatic rings. The molecule has 2 heterocycles. The number of nitrogens with one attached hydrogen (secondary N) is 1. The lowest BCUT2D eigenvalue weighted by Crippen LogP contribution is -2.11.